The van der Waals surface area contributed by atoms with Crippen molar-refractivity contribution in [3.8, 4) is 77.9 Å². The lowest BCUT2D eigenvalue weighted by atomic mass is 9.84. The number of nitrogens with zero attached hydrogens (tertiary/aromatic N) is 1. The molecule has 0 atom stereocenters. The van der Waals surface area contributed by atoms with Gasteiger partial charge in [0.25, 0.3) is 0 Å². The predicted molar refractivity (Wildman–Crippen MR) is 294 cm³/mol. The number of hydrogen-bond acceptors (Lipinski definition) is 1. The van der Waals surface area contributed by atoms with Crippen LogP contribution < -0.4 is 4.90 Å². The van der Waals surface area contributed by atoms with Crippen LogP contribution in [-0.4, -0.2) is 0 Å². The first-order valence-electron chi connectivity index (χ1n) is 23.8. The molecule has 69 heavy (non-hydrogen) atoms. The molecule has 0 bridgehead atoms. The van der Waals surface area contributed by atoms with Gasteiger partial charge in [-0.25, -0.2) is 0 Å². The van der Waals surface area contributed by atoms with Gasteiger partial charge in [0.2, 0.25) is 0 Å². The molecule has 0 aliphatic carbocycles. The summed E-state index contributed by atoms with van der Waals surface area (Å²) in [6, 6.07) is 104. The van der Waals surface area contributed by atoms with Crippen LogP contribution in [0.25, 0.3) is 99.4 Å². The van der Waals surface area contributed by atoms with Gasteiger partial charge in [0.15, 0.2) is 0 Å². The molecule has 1 heteroatoms. The molecule has 0 aromatic heterocycles. The molecule has 12 aromatic carbocycles. The standard InChI is InChI=1S/C68H47N/c1-7-22-49(23-8-1)58-44-40-55(46-64(58)52-28-13-4-14-29-52)48-38-41-56(42-39-48)69(68-59(50-24-9-2-10-25-50)36-21-37-60(68)51-26-11-3-12-27-51)57-43-45-62-61-34-19-20-35-63(61)66(53-30-15-5-16-31-53)67(65(62)47-57)54-32-17-6-18-33-54/h1-47H. The molecule has 0 aliphatic rings. The number of anilines is 3. The number of para-hydroxylation sites is 1. The van der Waals surface area contributed by atoms with Crippen molar-refractivity contribution in [2.75, 3.05) is 4.90 Å². The Morgan fingerprint density at radius 1 is 0.188 bits per heavy atom. The predicted octanol–water partition coefficient (Wildman–Crippen LogP) is 19.1. The lowest BCUT2D eigenvalue weighted by Crippen LogP contribution is -2.13. The van der Waals surface area contributed by atoms with Crippen molar-refractivity contribution < 1.29 is 0 Å². The van der Waals surface area contributed by atoms with Gasteiger partial charge in [-0.1, -0.05) is 255 Å². The van der Waals surface area contributed by atoms with Crippen LogP contribution in [0.1, 0.15) is 0 Å². The van der Waals surface area contributed by atoms with Crippen LogP contribution in [0.15, 0.2) is 285 Å². The number of hydrogen-bond donors (Lipinski definition) is 0. The van der Waals surface area contributed by atoms with Crippen molar-refractivity contribution in [2.45, 2.75) is 0 Å². The fourth-order valence-electron chi connectivity index (χ4n) is 10.3. The first kappa shape index (κ1) is 41.4. The molecule has 1 nitrogen and oxygen atoms in total. The van der Waals surface area contributed by atoms with Gasteiger partial charge in [-0.3, -0.25) is 0 Å². The van der Waals surface area contributed by atoms with Crippen molar-refractivity contribution in [1.29, 1.82) is 0 Å². The summed E-state index contributed by atoms with van der Waals surface area (Å²) in [6.45, 7) is 0. The van der Waals surface area contributed by atoms with E-state index < -0.39 is 0 Å². The molecule has 0 spiro atoms. The van der Waals surface area contributed by atoms with E-state index >= 15 is 0 Å². The number of benzene rings is 12. The SMILES string of the molecule is c1ccc(-c2ccc(-c3ccc(N(c4ccc5c(c4)c(-c4ccccc4)c(-c4ccccc4)c4ccccc45)c4c(-c5ccccc5)cccc4-c4ccccc4)cc3)cc2-c2ccccc2)cc1. The Bertz CT molecular complexity index is 3660. The van der Waals surface area contributed by atoms with Gasteiger partial charge in [-0.15, -0.1) is 0 Å². The minimum atomic E-state index is 1.06. The van der Waals surface area contributed by atoms with Crippen molar-refractivity contribution in [2.24, 2.45) is 0 Å². The van der Waals surface area contributed by atoms with Crippen LogP contribution >= 0.6 is 0 Å². The molecule has 0 radical (unpaired) electrons. The second kappa shape index (κ2) is 18.3. The molecule has 0 fully saturated rings. The van der Waals surface area contributed by atoms with Crippen LogP contribution in [0.4, 0.5) is 17.1 Å². The lowest BCUT2D eigenvalue weighted by molar-refractivity contribution is 1.29. The van der Waals surface area contributed by atoms with Crippen LogP contribution in [0.5, 0.6) is 0 Å². The second-order valence-electron chi connectivity index (χ2n) is 17.6. The summed E-state index contributed by atoms with van der Waals surface area (Å²) in [4.78, 5) is 2.49. The molecule has 0 N–H and O–H groups in total. The topological polar surface area (TPSA) is 3.24 Å². The molecule has 0 saturated heterocycles. The quantitative estimate of drug-likeness (QED) is 0.124. The number of fused-ring (bicyclic) bond motifs is 3. The van der Waals surface area contributed by atoms with Gasteiger partial charge < -0.3 is 4.90 Å². The molecule has 12 rings (SSSR count). The molecule has 324 valence electrons. The van der Waals surface area contributed by atoms with Gasteiger partial charge in [0.05, 0.1) is 5.69 Å². The molecule has 0 heterocycles. The summed E-state index contributed by atoms with van der Waals surface area (Å²) in [5.41, 5.74) is 19.8. The monoisotopic (exact) mass is 877 g/mol. The summed E-state index contributed by atoms with van der Waals surface area (Å²) in [5.74, 6) is 0. The van der Waals surface area contributed by atoms with E-state index in [9.17, 15) is 0 Å². The van der Waals surface area contributed by atoms with Crippen molar-refractivity contribution in [3.63, 3.8) is 0 Å². The van der Waals surface area contributed by atoms with Gasteiger partial charge in [0, 0.05) is 22.5 Å². The van der Waals surface area contributed by atoms with Crippen LogP contribution in [0, 0.1) is 0 Å². The Labute approximate surface area is 404 Å². The molecule has 12 aromatic rings. The van der Waals surface area contributed by atoms with Gasteiger partial charge in [-0.05, 0) is 119 Å². The van der Waals surface area contributed by atoms with E-state index in [4.69, 9.17) is 0 Å². The summed E-state index contributed by atoms with van der Waals surface area (Å²) < 4.78 is 0. The molecule has 0 amide bonds. The van der Waals surface area contributed by atoms with E-state index in [1.165, 1.54) is 71.6 Å². The van der Waals surface area contributed by atoms with Crippen molar-refractivity contribution >= 4 is 38.6 Å². The zero-order valence-corrected chi connectivity index (χ0v) is 38.1. The van der Waals surface area contributed by atoms with Gasteiger partial charge in [0.1, 0.15) is 0 Å². The lowest BCUT2D eigenvalue weighted by Gasteiger charge is -2.31. The van der Waals surface area contributed by atoms with E-state index in [1.807, 2.05) is 0 Å². The van der Waals surface area contributed by atoms with Gasteiger partial charge in [-0.2, -0.15) is 0 Å². The molecule has 0 aliphatic heterocycles. The van der Waals surface area contributed by atoms with Crippen LogP contribution in [0.2, 0.25) is 0 Å². The third-order valence-corrected chi connectivity index (χ3v) is 13.5. The second-order valence-corrected chi connectivity index (χ2v) is 17.6. The minimum Gasteiger partial charge on any atom is -0.309 e. The van der Waals surface area contributed by atoms with Crippen molar-refractivity contribution in [3.05, 3.63) is 285 Å². The fraction of sp³-hybridized carbons (Fsp3) is 0. The summed E-state index contributed by atoms with van der Waals surface area (Å²) >= 11 is 0. The Morgan fingerprint density at radius 3 is 1.10 bits per heavy atom. The first-order chi connectivity index (χ1) is 34.3. The molecule has 0 saturated carbocycles. The molecule has 0 unspecified atom stereocenters. The largest absolute Gasteiger partial charge is 0.309 e. The van der Waals surface area contributed by atoms with E-state index in [0.717, 1.165) is 44.9 Å². The molecular weight excluding hydrogens is 831 g/mol. The maximum absolute atomic E-state index is 2.49. The first-order valence-corrected chi connectivity index (χ1v) is 23.8. The highest BCUT2D eigenvalue weighted by Gasteiger charge is 2.25. The normalized spacial score (nSPS) is 11.2. The minimum absolute atomic E-state index is 1.06. The summed E-state index contributed by atoms with van der Waals surface area (Å²) in [6.07, 6.45) is 0. The Kier molecular flexibility index (Phi) is 11.0. The summed E-state index contributed by atoms with van der Waals surface area (Å²) in [5, 5.41) is 4.89. The third-order valence-electron chi connectivity index (χ3n) is 13.5. The smallest absolute Gasteiger partial charge is 0.0618 e. The Balaban J connectivity index is 1.12. The zero-order valence-electron chi connectivity index (χ0n) is 38.1. The maximum atomic E-state index is 2.49. The van der Waals surface area contributed by atoms with Crippen LogP contribution in [-0.2, 0) is 0 Å². The zero-order chi connectivity index (χ0) is 45.9. The highest BCUT2D eigenvalue weighted by Crippen LogP contribution is 2.50. The Hall–Kier alpha value is -9.04. The molecular formula is C68H47N. The van der Waals surface area contributed by atoms with E-state index in [-0.39, 0.29) is 0 Å². The third kappa shape index (κ3) is 7.86. The van der Waals surface area contributed by atoms with Gasteiger partial charge >= 0.3 is 0 Å². The Morgan fingerprint density at radius 2 is 0.580 bits per heavy atom. The van der Waals surface area contributed by atoms with Crippen LogP contribution in [0.3, 0.4) is 0 Å². The average molecular weight is 878 g/mol. The summed E-state index contributed by atoms with van der Waals surface area (Å²) in [7, 11) is 0. The average Bonchev–Trinajstić information content (AvgIpc) is 3.44. The van der Waals surface area contributed by atoms with E-state index in [0.29, 0.717) is 0 Å². The van der Waals surface area contributed by atoms with Crippen molar-refractivity contribution in [1.82, 2.24) is 0 Å². The van der Waals surface area contributed by atoms with E-state index in [1.54, 1.807) is 0 Å². The van der Waals surface area contributed by atoms with E-state index in [2.05, 4.69) is 290 Å². The highest BCUT2D eigenvalue weighted by molar-refractivity contribution is 6.22. The fourth-order valence-corrected chi connectivity index (χ4v) is 10.3. The highest BCUT2D eigenvalue weighted by atomic mass is 15.1. The maximum Gasteiger partial charge on any atom is 0.0618 e. The number of rotatable bonds is 10.